The topological polar surface area (TPSA) is 65.1 Å². The number of hydrogen-bond acceptors (Lipinski definition) is 4. The van der Waals surface area contributed by atoms with Crippen LogP contribution in [0.4, 0.5) is 0 Å². The first-order valence-corrected chi connectivity index (χ1v) is 5.91. The molecule has 0 aromatic heterocycles. The van der Waals surface area contributed by atoms with E-state index in [0.29, 0.717) is 24.3 Å². The Morgan fingerprint density at radius 3 is 2.94 bits per heavy atom. The Hall–Kier alpha value is -0.810. The molecule has 0 saturated carbocycles. The lowest BCUT2D eigenvalue weighted by atomic mass is 10.0. The number of nitrogens with two attached hydrogens (primary N) is 1. The second kappa shape index (κ2) is 6.06. The van der Waals surface area contributed by atoms with Gasteiger partial charge in [-0.2, -0.15) is 0 Å². The van der Waals surface area contributed by atoms with E-state index in [2.05, 4.69) is 36.0 Å². The van der Waals surface area contributed by atoms with E-state index >= 15 is 0 Å². The molecular weight excluding hydrogens is 204 g/mol. The lowest BCUT2D eigenvalue weighted by Crippen LogP contribution is -2.48. The average molecular weight is 228 g/mol. The minimum Gasteiger partial charge on any atom is -0.409 e. The molecule has 0 radical (unpaired) electrons. The molecule has 5 heteroatoms. The molecule has 94 valence electrons. The molecular formula is C11H24N4O. The summed E-state index contributed by atoms with van der Waals surface area (Å²) in [6.07, 6.45) is 3.11. The largest absolute Gasteiger partial charge is 0.409 e. The molecule has 1 rings (SSSR count). The zero-order valence-corrected chi connectivity index (χ0v) is 10.6. The molecule has 0 spiro atoms. The third kappa shape index (κ3) is 3.64. The lowest BCUT2D eigenvalue weighted by molar-refractivity contribution is 0.107. The van der Waals surface area contributed by atoms with Gasteiger partial charge < -0.3 is 15.8 Å². The van der Waals surface area contributed by atoms with E-state index in [-0.39, 0.29) is 0 Å². The third-order valence-corrected chi connectivity index (χ3v) is 3.50. The standard InChI is InChI=1S/C11H24N4O/c1-9(7-11(12)13-16)15(3)10-5-4-6-14(2)8-10/h9-10,16H,4-8H2,1-3H3,(H2,12,13). The van der Waals surface area contributed by atoms with Gasteiger partial charge >= 0.3 is 0 Å². The van der Waals surface area contributed by atoms with Crippen LogP contribution in [0.1, 0.15) is 26.2 Å². The van der Waals surface area contributed by atoms with Gasteiger partial charge in [0.2, 0.25) is 0 Å². The van der Waals surface area contributed by atoms with Crippen molar-refractivity contribution >= 4 is 5.84 Å². The van der Waals surface area contributed by atoms with Gasteiger partial charge in [0.25, 0.3) is 0 Å². The highest BCUT2D eigenvalue weighted by Crippen LogP contribution is 2.16. The maximum Gasteiger partial charge on any atom is 0.140 e. The summed E-state index contributed by atoms with van der Waals surface area (Å²) in [6, 6.07) is 0.896. The van der Waals surface area contributed by atoms with Crippen molar-refractivity contribution < 1.29 is 5.21 Å². The van der Waals surface area contributed by atoms with Crippen molar-refractivity contribution in [2.75, 3.05) is 27.2 Å². The first-order valence-electron chi connectivity index (χ1n) is 5.91. The van der Waals surface area contributed by atoms with Gasteiger partial charge in [0.15, 0.2) is 0 Å². The summed E-state index contributed by atoms with van der Waals surface area (Å²) in [7, 11) is 4.29. The van der Waals surface area contributed by atoms with E-state index in [9.17, 15) is 0 Å². The predicted molar refractivity (Wildman–Crippen MR) is 65.8 cm³/mol. The van der Waals surface area contributed by atoms with Crippen LogP contribution in [0.5, 0.6) is 0 Å². The quantitative estimate of drug-likeness (QED) is 0.319. The fourth-order valence-electron chi connectivity index (χ4n) is 2.32. The van der Waals surface area contributed by atoms with Gasteiger partial charge in [-0.15, -0.1) is 0 Å². The summed E-state index contributed by atoms with van der Waals surface area (Å²) < 4.78 is 0. The molecule has 0 aromatic carbocycles. The number of oxime groups is 1. The van der Waals surface area contributed by atoms with Crippen LogP contribution in [0.25, 0.3) is 0 Å². The van der Waals surface area contributed by atoms with E-state index in [1.807, 2.05) is 0 Å². The smallest absolute Gasteiger partial charge is 0.140 e. The average Bonchev–Trinajstić information content (AvgIpc) is 2.27. The Morgan fingerprint density at radius 2 is 2.38 bits per heavy atom. The second-order valence-corrected chi connectivity index (χ2v) is 4.87. The molecule has 0 amide bonds. The number of likely N-dealkylation sites (tertiary alicyclic amines) is 1. The minimum atomic E-state index is 0.309. The predicted octanol–water partition coefficient (Wildman–Crippen LogP) is 0.537. The molecule has 16 heavy (non-hydrogen) atoms. The molecule has 1 fully saturated rings. The summed E-state index contributed by atoms with van der Waals surface area (Å²) in [6.45, 7) is 4.42. The molecule has 1 aliphatic rings. The second-order valence-electron chi connectivity index (χ2n) is 4.87. The Bertz CT molecular complexity index is 244. The monoisotopic (exact) mass is 228 g/mol. The van der Waals surface area contributed by atoms with Crippen LogP contribution in [0.15, 0.2) is 5.16 Å². The van der Waals surface area contributed by atoms with Gasteiger partial charge in [-0.25, -0.2) is 0 Å². The van der Waals surface area contributed by atoms with E-state index in [1.54, 1.807) is 0 Å². The number of hydrogen-bond donors (Lipinski definition) is 2. The zero-order valence-electron chi connectivity index (χ0n) is 10.6. The van der Waals surface area contributed by atoms with E-state index in [1.165, 1.54) is 19.4 Å². The van der Waals surface area contributed by atoms with Gasteiger partial charge in [-0.05, 0) is 40.4 Å². The van der Waals surface area contributed by atoms with E-state index in [0.717, 1.165) is 6.54 Å². The first-order chi connectivity index (χ1) is 7.54. The van der Waals surface area contributed by atoms with Crippen LogP contribution < -0.4 is 5.73 Å². The molecule has 1 aliphatic heterocycles. The Kier molecular flexibility index (Phi) is 5.02. The highest BCUT2D eigenvalue weighted by Gasteiger charge is 2.24. The van der Waals surface area contributed by atoms with Crippen molar-refractivity contribution in [1.82, 2.24) is 9.80 Å². The first kappa shape index (κ1) is 13.3. The molecule has 2 unspecified atom stereocenters. The van der Waals surface area contributed by atoms with Crippen molar-refractivity contribution in [1.29, 1.82) is 0 Å². The Morgan fingerprint density at radius 1 is 1.69 bits per heavy atom. The fourth-order valence-corrected chi connectivity index (χ4v) is 2.32. The summed E-state index contributed by atoms with van der Waals surface area (Å²) >= 11 is 0. The van der Waals surface area contributed by atoms with Crippen LogP contribution in [0, 0.1) is 0 Å². The zero-order chi connectivity index (χ0) is 12.1. The molecule has 3 N–H and O–H groups in total. The van der Waals surface area contributed by atoms with Crippen molar-refractivity contribution in [2.45, 2.75) is 38.3 Å². The summed E-state index contributed by atoms with van der Waals surface area (Å²) in [4.78, 5) is 4.70. The van der Waals surface area contributed by atoms with Gasteiger partial charge in [0.05, 0.1) is 0 Å². The normalized spacial score (nSPS) is 26.0. The molecule has 0 aromatic rings. The maximum absolute atomic E-state index is 8.55. The molecule has 5 nitrogen and oxygen atoms in total. The van der Waals surface area contributed by atoms with Gasteiger partial charge in [0.1, 0.15) is 5.84 Å². The van der Waals surface area contributed by atoms with E-state index in [4.69, 9.17) is 10.9 Å². The van der Waals surface area contributed by atoms with Crippen LogP contribution in [-0.4, -0.2) is 60.1 Å². The molecule has 0 aliphatic carbocycles. The minimum absolute atomic E-state index is 0.309. The van der Waals surface area contributed by atoms with Crippen LogP contribution in [0.3, 0.4) is 0 Å². The van der Waals surface area contributed by atoms with Crippen molar-refractivity contribution in [3.05, 3.63) is 0 Å². The number of amidine groups is 1. The Labute approximate surface area is 97.9 Å². The van der Waals surface area contributed by atoms with Gasteiger partial charge in [-0.3, -0.25) is 4.90 Å². The van der Waals surface area contributed by atoms with Crippen LogP contribution in [0.2, 0.25) is 0 Å². The van der Waals surface area contributed by atoms with Gasteiger partial charge in [0, 0.05) is 25.0 Å². The molecule has 1 heterocycles. The van der Waals surface area contributed by atoms with Gasteiger partial charge in [-0.1, -0.05) is 5.16 Å². The van der Waals surface area contributed by atoms with E-state index < -0.39 is 0 Å². The summed E-state index contributed by atoms with van der Waals surface area (Å²) in [5.41, 5.74) is 5.53. The number of nitrogens with zero attached hydrogens (tertiary/aromatic N) is 3. The molecule has 2 atom stereocenters. The number of likely N-dealkylation sites (N-methyl/N-ethyl adjacent to an activating group) is 2. The summed E-state index contributed by atoms with van der Waals surface area (Å²) in [5, 5.41) is 11.6. The SMILES string of the molecule is CC(CC(N)=NO)N(C)C1CCCN(C)C1. The highest BCUT2D eigenvalue weighted by molar-refractivity contribution is 5.80. The lowest BCUT2D eigenvalue weighted by Gasteiger charge is -2.38. The van der Waals surface area contributed by atoms with Crippen molar-refractivity contribution in [2.24, 2.45) is 10.9 Å². The maximum atomic E-state index is 8.55. The van der Waals surface area contributed by atoms with Crippen LogP contribution >= 0.6 is 0 Å². The van der Waals surface area contributed by atoms with Crippen molar-refractivity contribution in [3.63, 3.8) is 0 Å². The molecule has 0 bridgehead atoms. The Balaban J connectivity index is 2.45. The fraction of sp³-hybridized carbons (Fsp3) is 0.909. The number of piperidine rings is 1. The summed E-state index contributed by atoms with van der Waals surface area (Å²) in [5.74, 6) is 0.309. The molecule has 1 saturated heterocycles. The third-order valence-electron chi connectivity index (χ3n) is 3.50. The van der Waals surface area contributed by atoms with Crippen LogP contribution in [-0.2, 0) is 0 Å². The van der Waals surface area contributed by atoms with Crippen molar-refractivity contribution in [3.8, 4) is 0 Å². The highest BCUT2D eigenvalue weighted by atomic mass is 16.4. The number of rotatable bonds is 4.